The Morgan fingerprint density at radius 1 is 1.00 bits per heavy atom. The van der Waals surface area contributed by atoms with Crippen molar-refractivity contribution < 1.29 is 4.79 Å². The number of amides is 1. The van der Waals surface area contributed by atoms with Crippen molar-refractivity contribution in [2.75, 3.05) is 39.3 Å². The number of nitrogens with zero attached hydrogens (tertiary/aromatic N) is 2. The average Bonchev–Trinajstić information content (AvgIpc) is 2.57. The van der Waals surface area contributed by atoms with E-state index in [0.717, 1.165) is 32.0 Å². The number of piperidine rings is 3. The molecule has 0 aromatic rings. The molecule has 24 heavy (non-hydrogen) atoms. The molecule has 0 saturated carbocycles. The molecule has 0 radical (unpaired) electrons. The number of carbonyl (C=O) groups is 1. The van der Waals surface area contributed by atoms with E-state index in [9.17, 15) is 4.79 Å². The molecule has 3 aliphatic rings. The van der Waals surface area contributed by atoms with Crippen molar-refractivity contribution >= 4 is 30.7 Å². The van der Waals surface area contributed by atoms with Crippen LogP contribution >= 0.6 is 24.8 Å². The number of nitrogens with one attached hydrogen (secondary N) is 1. The Bertz CT molecular complexity index is 369. The van der Waals surface area contributed by atoms with Crippen molar-refractivity contribution in [3.05, 3.63) is 0 Å². The van der Waals surface area contributed by atoms with Crippen LogP contribution in [0.15, 0.2) is 0 Å². The Morgan fingerprint density at radius 3 is 2.42 bits per heavy atom. The van der Waals surface area contributed by atoms with E-state index in [4.69, 9.17) is 0 Å². The van der Waals surface area contributed by atoms with Crippen molar-refractivity contribution in [1.82, 2.24) is 15.1 Å². The van der Waals surface area contributed by atoms with Gasteiger partial charge in [-0.3, -0.25) is 4.79 Å². The monoisotopic (exact) mass is 379 g/mol. The number of carbonyl (C=O) groups excluding carboxylic acids is 1. The minimum absolute atomic E-state index is 0. The number of rotatable bonds is 3. The summed E-state index contributed by atoms with van der Waals surface area (Å²) in [4.78, 5) is 17.5. The maximum atomic E-state index is 12.7. The van der Waals surface area contributed by atoms with Crippen LogP contribution in [0, 0.1) is 11.8 Å². The van der Waals surface area contributed by atoms with E-state index in [-0.39, 0.29) is 30.9 Å². The van der Waals surface area contributed by atoms with Crippen LogP contribution in [0.2, 0.25) is 0 Å². The van der Waals surface area contributed by atoms with Gasteiger partial charge in [0.05, 0.1) is 6.04 Å². The summed E-state index contributed by atoms with van der Waals surface area (Å²) in [5.41, 5.74) is 0. The fraction of sp³-hybridized carbons (Fsp3) is 0.944. The second-order valence-corrected chi connectivity index (χ2v) is 7.78. The first kappa shape index (κ1) is 22.0. The standard InChI is InChI=1S/C18H33N3O.2ClH/c1-15-7-11-20(12-8-15)13-16-5-4-10-21(14-16)18(22)17-6-2-3-9-19-17;;/h15-17,19H,2-14H2,1H3;2*1H/t16?,17-;;/m1../s1. The molecular formula is C18H35Cl2N3O. The van der Waals surface area contributed by atoms with Gasteiger partial charge in [-0.15, -0.1) is 24.8 Å². The second kappa shape index (κ2) is 10.8. The molecule has 3 aliphatic heterocycles. The lowest BCUT2D eigenvalue weighted by Gasteiger charge is -2.39. The molecule has 1 amide bonds. The van der Waals surface area contributed by atoms with Gasteiger partial charge in [0.15, 0.2) is 0 Å². The Kier molecular flexibility index (Phi) is 9.95. The van der Waals surface area contributed by atoms with Crippen molar-refractivity contribution in [3.63, 3.8) is 0 Å². The highest BCUT2D eigenvalue weighted by atomic mass is 35.5. The molecule has 3 fully saturated rings. The molecule has 2 atom stereocenters. The van der Waals surface area contributed by atoms with Gasteiger partial charge in [-0.05, 0) is 70.0 Å². The zero-order valence-corrected chi connectivity index (χ0v) is 16.7. The third-order valence-electron chi connectivity index (χ3n) is 5.83. The van der Waals surface area contributed by atoms with E-state index in [1.165, 1.54) is 58.2 Å². The minimum Gasteiger partial charge on any atom is -0.341 e. The predicted octanol–water partition coefficient (Wildman–Crippen LogP) is 2.94. The molecule has 3 heterocycles. The first-order chi connectivity index (χ1) is 10.7. The molecule has 6 heteroatoms. The van der Waals surface area contributed by atoms with Crippen molar-refractivity contribution in [3.8, 4) is 0 Å². The normalized spacial score (nSPS) is 29.5. The largest absolute Gasteiger partial charge is 0.341 e. The Morgan fingerprint density at radius 2 is 1.75 bits per heavy atom. The molecule has 0 spiro atoms. The number of hydrogen-bond acceptors (Lipinski definition) is 3. The van der Waals surface area contributed by atoms with E-state index in [1.807, 2.05) is 0 Å². The van der Waals surface area contributed by atoms with Gasteiger partial charge in [0, 0.05) is 19.6 Å². The zero-order valence-electron chi connectivity index (χ0n) is 15.0. The van der Waals surface area contributed by atoms with E-state index < -0.39 is 0 Å². The lowest BCUT2D eigenvalue weighted by atomic mass is 9.93. The first-order valence-corrected chi connectivity index (χ1v) is 9.47. The maximum absolute atomic E-state index is 12.7. The molecule has 0 aliphatic carbocycles. The van der Waals surface area contributed by atoms with E-state index in [0.29, 0.717) is 11.8 Å². The SMILES string of the molecule is CC1CCN(CC2CCCN(C(=O)[C@H]3CCCCN3)C2)CC1.Cl.Cl. The van der Waals surface area contributed by atoms with Crippen LogP contribution in [-0.4, -0.2) is 61.0 Å². The van der Waals surface area contributed by atoms with Crippen molar-refractivity contribution in [2.24, 2.45) is 11.8 Å². The lowest BCUT2D eigenvalue weighted by molar-refractivity contribution is -0.136. The summed E-state index contributed by atoms with van der Waals surface area (Å²) in [6.45, 7) is 9.07. The van der Waals surface area contributed by atoms with Gasteiger partial charge in [0.2, 0.25) is 5.91 Å². The van der Waals surface area contributed by atoms with Gasteiger partial charge in [0.1, 0.15) is 0 Å². The first-order valence-electron chi connectivity index (χ1n) is 9.47. The summed E-state index contributed by atoms with van der Waals surface area (Å²) >= 11 is 0. The van der Waals surface area contributed by atoms with Gasteiger partial charge in [-0.2, -0.15) is 0 Å². The smallest absolute Gasteiger partial charge is 0.239 e. The van der Waals surface area contributed by atoms with Gasteiger partial charge >= 0.3 is 0 Å². The Balaban J connectivity index is 0.00000144. The van der Waals surface area contributed by atoms with Gasteiger partial charge in [0.25, 0.3) is 0 Å². The van der Waals surface area contributed by atoms with Crippen LogP contribution in [0.4, 0.5) is 0 Å². The Labute approximate surface area is 159 Å². The molecule has 3 rings (SSSR count). The fourth-order valence-corrected chi connectivity index (χ4v) is 4.31. The number of halogens is 2. The minimum atomic E-state index is 0. The summed E-state index contributed by atoms with van der Waals surface area (Å²) in [7, 11) is 0. The average molecular weight is 380 g/mol. The van der Waals surface area contributed by atoms with Crippen LogP contribution < -0.4 is 5.32 Å². The molecule has 0 aromatic carbocycles. The van der Waals surface area contributed by atoms with Crippen LogP contribution in [0.25, 0.3) is 0 Å². The van der Waals surface area contributed by atoms with Crippen molar-refractivity contribution in [1.29, 1.82) is 0 Å². The van der Waals surface area contributed by atoms with Crippen molar-refractivity contribution in [2.45, 2.75) is 57.9 Å². The highest BCUT2D eigenvalue weighted by molar-refractivity contribution is 5.85. The van der Waals surface area contributed by atoms with E-state index >= 15 is 0 Å². The molecule has 4 nitrogen and oxygen atoms in total. The summed E-state index contributed by atoms with van der Waals surface area (Å²) in [5.74, 6) is 1.96. The topological polar surface area (TPSA) is 35.6 Å². The molecule has 0 aromatic heterocycles. The summed E-state index contributed by atoms with van der Waals surface area (Å²) in [6, 6.07) is 0.100. The second-order valence-electron chi connectivity index (χ2n) is 7.78. The third-order valence-corrected chi connectivity index (χ3v) is 5.83. The van der Waals surface area contributed by atoms with Crippen LogP contribution in [0.5, 0.6) is 0 Å². The lowest BCUT2D eigenvalue weighted by Crippen LogP contribution is -2.52. The number of hydrogen-bond donors (Lipinski definition) is 1. The molecule has 3 saturated heterocycles. The Hall–Kier alpha value is -0.0300. The molecule has 0 bridgehead atoms. The third kappa shape index (κ3) is 6.05. The summed E-state index contributed by atoms with van der Waals surface area (Å²) < 4.78 is 0. The van der Waals surface area contributed by atoms with Crippen LogP contribution in [0.1, 0.15) is 51.9 Å². The fourth-order valence-electron chi connectivity index (χ4n) is 4.31. The molecular weight excluding hydrogens is 345 g/mol. The summed E-state index contributed by atoms with van der Waals surface area (Å²) in [6.07, 6.45) is 8.64. The zero-order chi connectivity index (χ0) is 15.4. The quantitative estimate of drug-likeness (QED) is 0.818. The molecule has 1 N–H and O–H groups in total. The predicted molar refractivity (Wildman–Crippen MR) is 104 cm³/mol. The van der Waals surface area contributed by atoms with Crippen LogP contribution in [-0.2, 0) is 4.79 Å². The maximum Gasteiger partial charge on any atom is 0.239 e. The highest BCUT2D eigenvalue weighted by Gasteiger charge is 2.30. The number of likely N-dealkylation sites (tertiary alicyclic amines) is 2. The van der Waals surface area contributed by atoms with E-state index in [1.54, 1.807) is 0 Å². The van der Waals surface area contributed by atoms with Gasteiger partial charge in [-0.25, -0.2) is 0 Å². The van der Waals surface area contributed by atoms with E-state index in [2.05, 4.69) is 22.0 Å². The summed E-state index contributed by atoms with van der Waals surface area (Å²) in [5, 5.41) is 3.42. The highest BCUT2D eigenvalue weighted by Crippen LogP contribution is 2.23. The van der Waals surface area contributed by atoms with Gasteiger partial charge < -0.3 is 15.1 Å². The van der Waals surface area contributed by atoms with Crippen LogP contribution in [0.3, 0.4) is 0 Å². The molecule has 1 unspecified atom stereocenters. The van der Waals surface area contributed by atoms with Gasteiger partial charge in [-0.1, -0.05) is 13.3 Å². The molecule has 142 valence electrons.